The van der Waals surface area contributed by atoms with Gasteiger partial charge < -0.3 is 5.32 Å². The molecule has 22 heavy (non-hydrogen) atoms. The molecule has 1 N–H and O–H groups in total. The van der Waals surface area contributed by atoms with Crippen LogP contribution in [0.5, 0.6) is 0 Å². The first-order chi connectivity index (χ1) is 10.4. The fourth-order valence-electron chi connectivity index (χ4n) is 2.00. The van der Waals surface area contributed by atoms with Crippen LogP contribution in [0.15, 0.2) is 53.4 Å². The van der Waals surface area contributed by atoms with Crippen LogP contribution in [0.4, 0.5) is 11.4 Å². The second-order valence-corrected chi connectivity index (χ2v) is 6.95. The maximum absolute atomic E-state index is 11.9. The Balaban J connectivity index is 2.20. The highest BCUT2D eigenvalue weighted by molar-refractivity contribution is 7.91. The molecular formula is C15H16N2O4S. The fourth-order valence-corrected chi connectivity index (χ4v) is 2.93. The molecule has 0 spiro atoms. The topological polar surface area (TPSA) is 89.3 Å². The lowest BCUT2D eigenvalue weighted by Gasteiger charge is -2.09. The minimum absolute atomic E-state index is 0.0284. The van der Waals surface area contributed by atoms with Gasteiger partial charge in [0, 0.05) is 23.9 Å². The lowest BCUT2D eigenvalue weighted by atomic mass is 10.2. The van der Waals surface area contributed by atoms with Crippen molar-refractivity contribution in [2.75, 3.05) is 11.1 Å². The summed E-state index contributed by atoms with van der Waals surface area (Å²) in [6, 6.07) is 12.9. The van der Waals surface area contributed by atoms with E-state index in [-0.39, 0.29) is 22.9 Å². The van der Waals surface area contributed by atoms with Crippen LogP contribution in [-0.4, -0.2) is 19.1 Å². The van der Waals surface area contributed by atoms with Gasteiger partial charge in [0.15, 0.2) is 9.84 Å². The van der Waals surface area contributed by atoms with Gasteiger partial charge in [-0.15, -0.1) is 0 Å². The van der Waals surface area contributed by atoms with E-state index in [2.05, 4.69) is 5.32 Å². The molecule has 0 radical (unpaired) electrons. The number of benzene rings is 2. The molecule has 0 amide bonds. The quantitative estimate of drug-likeness (QED) is 0.653. The van der Waals surface area contributed by atoms with Crippen LogP contribution < -0.4 is 5.32 Å². The molecule has 6 nitrogen and oxygen atoms in total. The number of para-hydroxylation sites is 1. The van der Waals surface area contributed by atoms with E-state index >= 15 is 0 Å². The summed E-state index contributed by atoms with van der Waals surface area (Å²) in [4.78, 5) is 10.8. The van der Waals surface area contributed by atoms with E-state index < -0.39 is 14.8 Å². The summed E-state index contributed by atoms with van der Waals surface area (Å²) in [6.45, 7) is 1.83. The zero-order chi connectivity index (χ0) is 16.2. The third kappa shape index (κ3) is 3.62. The van der Waals surface area contributed by atoms with Gasteiger partial charge in [0.2, 0.25) is 0 Å². The SMILES string of the molecule is CCS(=O)(=O)c1cccc(NCc2ccccc2[N+](=O)[O-])c1. The minimum atomic E-state index is -3.27. The highest BCUT2D eigenvalue weighted by atomic mass is 32.2. The lowest BCUT2D eigenvalue weighted by molar-refractivity contribution is -0.385. The van der Waals surface area contributed by atoms with E-state index in [4.69, 9.17) is 0 Å². The van der Waals surface area contributed by atoms with E-state index in [0.29, 0.717) is 11.3 Å². The molecule has 0 unspecified atom stereocenters. The number of nitro benzene ring substituents is 1. The van der Waals surface area contributed by atoms with Gasteiger partial charge in [-0.25, -0.2) is 8.42 Å². The number of nitro groups is 1. The molecule has 116 valence electrons. The molecule has 0 bridgehead atoms. The van der Waals surface area contributed by atoms with Crippen molar-refractivity contribution in [2.45, 2.75) is 18.4 Å². The molecule has 0 saturated heterocycles. The van der Waals surface area contributed by atoms with E-state index in [1.54, 1.807) is 37.3 Å². The summed E-state index contributed by atoms with van der Waals surface area (Å²) in [5, 5.41) is 14.0. The minimum Gasteiger partial charge on any atom is -0.381 e. The van der Waals surface area contributed by atoms with Crippen molar-refractivity contribution >= 4 is 21.2 Å². The first-order valence-electron chi connectivity index (χ1n) is 6.73. The van der Waals surface area contributed by atoms with Crippen LogP contribution in [0.1, 0.15) is 12.5 Å². The predicted molar refractivity (Wildman–Crippen MR) is 84.6 cm³/mol. The summed E-state index contributed by atoms with van der Waals surface area (Å²) in [7, 11) is -3.27. The van der Waals surface area contributed by atoms with Crippen molar-refractivity contribution in [1.29, 1.82) is 0 Å². The van der Waals surface area contributed by atoms with E-state index in [0.717, 1.165) is 0 Å². The first kappa shape index (κ1) is 16.0. The molecule has 0 aliphatic heterocycles. The normalized spacial score (nSPS) is 11.1. The summed E-state index contributed by atoms with van der Waals surface area (Å²) in [5.41, 5.74) is 1.18. The number of nitrogens with zero attached hydrogens (tertiary/aromatic N) is 1. The molecule has 0 atom stereocenters. The van der Waals surface area contributed by atoms with Gasteiger partial charge in [-0.3, -0.25) is 10.1 Å². The van der Waals surface area contributed by atoms with Crippen molar-refractivity contribution in [3.05, 3.63) is 64.2 Å². The average molecular weight is 320 g/mol. The Morgan fingerprint density at radius 3 is 2.55 bits per heavy atom. The molecule has 0 fully saturated rings. The highest BCUT2D eigenvalue weighted by Crippen LogP contribution is 2.21. The number of hydrogen-bond donors (Lipinski definition) is 1. The predicted octanol–water partition coefficient (Wildman–Crippen LogP) is 3.00. The van der Waals surface area contributed by atoms with E-state index in [1.165, 1.54) is 18.2 Å². The van der Waals surface area contributed by atoms with Gasteiger partial charge in [-0.1, -0.05) is 31.2 Å². The summed E-state index contributed by atoms with van der Waals surface area (Å²) >= 11 is 0. The Hall–Kier alpha value is -2.41. The Labute approximate surface area is 128 Å². The Bertz CT molecular complexity index is 788. The Morgan fingerprint density at radius 1 is 1.14 bits per heavy atom. The van der Waals surface area contributed by atoms with Crippen molar-refractivity contribution in [1.82, 2.24) is 0 Å². The van der Waals surface area contributed by atoms with Crippen molar-refractivity contribution in [2.24, 2.45) is 0 Å². The molecule has 0 heterocycles. The average Bonchev–Trinajstić information content (AvgIpc) is 2.53. The van der Waals surface area contributed by atoms with Crippen molar-refractivity contribution < 1.29 is 13.3 Å². The molecule has 0 saturated carbocycles. The number of hydrogen-bond acceptors (Lipinski definition) is 5. The number of anilines is 1. The largest absolute Gasteiger partial charge is 0.381 e. The van der Waals surface area contributed by atoms with Crippen LogP contribution in [0.3, 0.4) is 0 Å². The number of rotatable bonds is 6. The standard InChI is InChI=1S/C15H16N2O4S/c1-2-22(20,21)14-8-5-7-13(10-14)16-11-12-6-3-4-9-15(12)17(18)19/h3-10,16H,2,11H2,1H3. The molecule has 0 aromatic heterocycles. The summed E-state index contributed by atoms with van der Waals surface area (Å²) < 4.78 is 23.7. The van der Waals surface area contributed by atoms with Gasteiger partial charge in [0.1, 0.15) is 0 Å². The Kier molecular flexibility index (Phi) is 4.77. The van der Waals surface area contributed by atoms with Crippen LogP contribution in [0.2, 0.25) is 0 Å². The first-order valence-corrected chi connectivity index (χ1v) is 8.38. The fraction of sp³-hybridized carbons (Fsp3) is 0.200. The molecule has 0 aliphatic carbocycles. The molecule has 2 aromatic carbocycles. The molecule has 2 rings (SSSR count). The van der Waals surface area contributed by atoms with Crippen LogP contribution in [0.25, 0.3) is 0 Å². The summed E-state index contributed by atoms with van der Waals surface area (Å²) in [5.74, 6) is 0.0284. The third-order valence-electron chi connectivity index (χ3n) is 3.24. The van der Waals surface area contributed by atoms with E-state index in [1.807, 2.05) is 0 Å². The lowest BCUT2D eigenvalue weighted by Crippen LogP contribution is -2.06. The number of nitrogens with one attached hydrogen (secondary N) is 1. The van der Waals surface area contributed by atoms with Crippen LogP contribution in [-0.2, 0) is 16.4 Å². The van der Waals surface area contributed by atoms with E-state index in [9.17, 15) is 18.5 Å². The number of sulfone groups is 1. The second kappa shape index (κ2) is 6.57. The van der Waals surface area contributed by atoms with Crippen LogP contribution in [0, 0.1) is 10.1 Å². The molecular weight excluding hydrogens is 304 g/mol. The van der Waals surface area contributed by atoms with Crippen molar-refractivity contribution in [3.63, 3.8) is 0 Å². The second-order valence-electron chi connectivity index (χ2n) is 4.67. The monoisotopic (exact) mass is 320 g/mol. The molecule has 2 aromatic rings. The van der Waals surface area contributed by atoms with Gasteiger partial charge >= 0.3 is 0 Å². The van der Waals surface area contributed by atoms with Crippen molar-refractivity contribution in [3.8, 4) is 0 Å². The van der Waals surface area contributed by atoms with Gasteiger partial charge in [-0.2, -0.15) is 0 Å². The zero-order valence-corrected chi connectivity index (χ0v) is 12.8. The van der Waals surface area contributed by atoms with Crippen LogP contribution >= 0.6 is 0 Å². The molecule has 0 aliphatic rings. The smallest absolute Gasteiger partial charge is 0.274 e. The summed E-state index contributed by atoms with van der Waals surface area (Å²) in [6.07, 6.45) is 0. The zero-order valence-electron chi connectivity index (χ0n) is 12.0. The maximum Gasteiger partial charge on any atom is 0.274 e. The van der Waals surface area contributed by atoms with Gasteiger partial charge in [0.05, 0.1) is 15.6 Å². The highest BCUT2D eigenvalue weighted by Gasteiger charge is 2.13. The van der Waals surface area contributed by atoms with Gasteiger partial charge in [-0.05, 0) is 18.2 Å². The molecule has 7 heteroatoms. The third-order valence-corrected chi connectivity index (χ3v) is 4.98. The Morgan fingerprint density at radius 2 is 1.86 bits per heavy atom. The maximum atomic E-state index is 11.9. The van der Waals surface area contributed by atoms with Gasteiger partial charge in [0.25, 0.3) is 5.69 Å².